The Morgan fingerprint density at radius 1 is 1.00 bits per heavy atom. The van der Waals surface area contributed by atoms with Crippen LogP contribution in [0.5, 0.6) is 0 Å². The highest BCUT2D eigenvalue weighted by atomic mass is 35.5. The van der Waals surface area contributed by atoms with Crippen molar-refractivity contribution in [3.63, 3.8) is 0 Å². The number of rotatable bonds is 9. The molecular weight excluding hydrogens is 577 g/mol. The monoisotopic (exact) mass is 602 g/mol. The van der Waals surface area contributed by atoms with E-state index in [2.05, 4.69) is 10.5 Å². The molecule has 0 atom stereocenters. The van der Waals surface area contributed by atoms with E-state index in [4.69, 9.17) is 11.6 Å². The van der Waals surface area contributed by atoms with Crippen LogP contribution in [0, 0.1) is 13.8 Å². The number of nitrogens with one attached hydrogen (secondary N) is 1. The van der Waals surface area contributed by atoms with Crippen molar-refractivity contribution >= 4 is 33.7 Å². The van der Waals surface area contributed by atoms with Crippen LogP contribution in [0.1, 0.15) is 28.1 Å². The average molecular weight is 603 g/mol. The molecule has 7 nitrogen and oxygen atoms in total. The Kier molecular flexibility index (Phi) is 9.01. The summed E-state index contributed by atoms with van der Waals surface area (Å²) in [6.45, 7) is 2.71. The highest BCUT2D eigenvalue weighted by molar-refractivity contribution is 7.89. The van der Waals surface area contributed by atoms with Gasteiger partial charge in [-0.05, 0) is 61.9 Å². The topological polar surface area (TPSA) is 83.8 Å². The second kappa shape index (κ2) is 12.3. The largest absolute Gasteiger partial charge is 0.418 e. The highest BCUT2D eigenvalue weighted by Crippen LogP contribution is 2.35. The number of alkyl halides is 3. The summed E-state index contributed by atoms with van der Waals surface area (Å²) in [6, 6.07) is 21.3. The smallest absolute Gasteiger partial charge is 0.317 e. The Morgan fingerprint density at radius 3 is 2.29 bits per heavy atom. The second-order valence-electron chi connectivity index (χ2n) is 9.18. The number of hydrogen-bond acceptors (Lipinski definition) is 4. The summed E-state index contributed by atoms with van der Waals surface area (Å²) >= 11 is 5.91. The lowest BCUT2D eigenvalue weighted by Gasteiger charge is -2.21. The lowest BCUT2D eigenvalue weighted by atomic mass is 10.1. The van der Waals surface area contributed by atoms with Crippen molar-refractivity contribution in [2.75, 3.05) is 6.54 Å². The Hall–Kier alpha value is -3.93. The molecule has 12 heteroatoms. The zero-order valence-corrected chi connectivity index (χ0v) is 23.6. The molecule has 0 saturated heterocycles. The SMILES string of the molecule is Cc1cc(/C=N/NC(=O)CN(Cc2ccccc2)S(=O)(=O)c2ccc(Cl)cc2)c(C)n1-c1ccccc1C(F)(F)F. The van der Waals surface area contributed by atoms with Gasteiger partial charge in [-0.1, -0.05) is 54.1 Å². The second-order valence-corrected chi connectivity index (χ2v) is 11.6. The molecule has 214 valence electrons. The van der Waals surface area contributed by atoms with E-state index < -0.39 is 34.2 Å². The molecule has 0 aliphatic rings. The maximum absolute atomic E-state index is 13.6. The number of amides is 1. The average Bonchev–Trinajstić information content (AvgIpc) is 3.21. The normalized spacial score (nSPS) is 12.3. The molecule has 1 amide bonds. The van der Waals surface area contributed by atoms with E-state index >= 15 is 0 Å². The molecular formula is C29H26ClF3N4O3S. The minimum atomic E-state index is -4.54. The van der Waals surface area contributed by atoms with E-state index in [-0.39, 0.29) is 17.1 Å². The Morgan fingerprint density at radius 2 is 1.63 bits per heavy atom. The number of sulfonamides is 1. The van der Waals surface area contributed by atoms with Gasteiger partial charge in [0.05, 0.1) is 28.9 Å². The van der Waals surface area contributed by atoms with Crippen LogP contribution in [0.2, 0.25) is 5.02 Å². The van der Waals surface area contributed by atoms with Crippen molar-refractivity contribution < 1.29 is 26.4 Å². The van der Waals surface area contributed by atoms with E-state index in [1.165, 1.54) is 53.2 Å². The highest BCUT2D eigenvalue weighted by Gasteiger charge is 2.34. The number of carbonyl (C=O) groups excluding carboxylic acids is 1. The zero-order valence-electron chi connectivity index (χ0n) is 22.1. The van der Waals surface area contributed by atoms with Crippen LogP contribution < -0.4 is 5.43 Å². The molecule has 0 unspecified atom stereocenters. The summed E-state index contributed by atoms with van der Waals surface area (Å²) < 4.78 is 70.1. The summed E-state index contributed by atoms with van der Waals surface area (Å²) in [5.74, 6) is -0.703. The fraction of sp³-hybridized carbons (Fsp3) is 0.172. The molecule has 41 heavy (non-hydrogen) atoms. The van der Waals surface area contributed by atoms with Crippen molar-refractivity contribution in [1.82, 2.24) is 14.3 Å². The minimum absolute atomic E-state index is 0.0253. The lowest BCUT2D eigenvalue weighted by molar-refractivity contribution is -0.137. The van der Waals surface area contributed by atoms with Crippen LogP contribution in [0.4, 0.5) is 13.2 Å². The predicted molar refractivity (Wildman–Crippen MR) is 151 cm³/mol. The molecule has 3 aromatic carbocycles. The van der Waals surface area contributed by atoms with Crippen LogP contribution >= 0.6 is 11.6 Å². The molecule has 0 spiro atoms. The number of carbonyl (C=O) groups is 1. The van der Waals surface area contributed by atoms with E-state index in [0.29, 0.717) is 27.5 Å². The van der Waals surface area contributed by atoms with E-state index in [9.17, 15) is 26.4 Å². The third-order valence-electron chi connectivity index (χ3n) is 6.29. The summed E-state index contributed by atoms with van der Waals surface area (Å²) in [5.41, 5.74) is 3.69. The van der Waals surface area contributed by atoms with Crippen LogP contribution in [-0.4, -0.2) is 36.0 Å². The van der Waals surface area contributed by atoms with Gasteiger partial charge in [0.1, 0.15) is 0 Å². The standard InChI is InChI=1S/C29H26ClF3N4O3S/c1-20-16-23(21(2)37(20)27-11-7-6-10-26(27)29(31,32)33)17-34-35-28(38)19-36(18-22-8-4-3-5-9-22)41(39,40)25-14-12-24(30)13-15-25/h3-17H,18-19H2,1-2H3,(H,35,38)/b34-17+. The van der Waals surface area contributed by atoms with Gasteiger partial charge in [-0.15, -0.1) is 0 Å². The first-order valence-corrected chi connectivity index (χ1v) is 14.2. The molecule has 4 aromatic rings. The molecule has 0 aliphatic carbocycles. The van der Waals surface area contributed by atoms with Crippen molar-refractivity contribution in [3.8, 4) is 5.69 Å². The van der Waals surface area contributed by atoms with Crippen molar-refractivity contribution in [2.24, 2.45) is 5.10 Å². The molecule has 1 heterocycles. The number of halogens is 4. The quantitative estimate of drug-likeness (QED) is 0.185. The minimum Gasteiger partial charge on any atom is -0.317 e. The lowest BCUT2D eigenvalue weighted by Crippen LogP contribution is -2.39. The van der Waals surface area contributed by atoms with E-state index in [1.54, 1.807) is 50.2 Å². The van der Waals surface area contributed by atoms with Crippen molar-refractivity contribution in [2.45, 2.75) is 31.5 Å². The van der Waals surface area contributed by atoms with Crippen LogP contribution in [-0.2, 0) is 27.5 Å². The maximum atomic E-state index is 13.6. The summed E-state index contributed by atoms with van der Waals surface area (Å²) in [6.07, 6.45) is -3.23. The van der Waals surface area contributed by atoms with Gasteiger partial charge in [0.15, 0.2) is 0 Å². The van der Waals surface area contributed by atoms with Gasteiger partial charge in [-0.25, -0.2) is 13.8 Å². The van der Waals surface area contributed by atoms with E-state index in [0.717, 1.165) is 10.4 Å². The van der Waals surface area contributed by atoms with Crippen molar-refractivity contribution in [3.05, 3.63) is 118 Å². The third kappa shape index (κ3) is 7.05. The molecule has 0 bridgehead atoms. The number of aryl methyl sites for hydroxylation is 1. The van der Waals surface area contributed by atoms with Gasteiger partial charge in [0, 0.05) is 28.5 Å². The fourth-order valence-electron chi connectivity index (χ4n) is 4.34. The van der Waals surface area contributed by atoms with Gasteiger partial charge >= 0.3 is 6.18 Å². The number of para-hydroxylation sites is 1. The van der Waals surface area contributed by atoms with Gasteiger partial charge in [0.25, 0.3) is 5.91 Å². The van der Waals surface area contributed by atoms with Gasteiger partial charge in [-0.2, -0.15) is 22.6 Å². The molecule has 4 rings (SSSR count). The van der Waals surface area contributed by atoms with Gasteiger partial charge in [0.2, 0.25) is 10.0 Å². The Labute approximate surface area is 240 Å². The zero-order chi connectivity index (χ0) is 29.8. The molecule has 0 fully saturated rings. The number of hydrogen-bond donors (Lipinski definition) is 1. The predicted octanol–water partition coefficient (Wildman–Crippen LogP) is 6.11. The summed E-state index contributed by atoms with van der Waals surface area (Å²) in [5, 5.41) is 4.32. The number of benzene rings is 3. The molecule has 1 aromatic heterocycles. The molecule has 0 aliphatic heterocycles. The Bertz CT molecular complexity index is 1670. The number of nitrogens with zero attached hydrogens (tertiary/aromatic N) is 3. The van der Waals surface area contributed by atoms with Crippen LogP contribution in [0.25, 0.3) is 5.69 Å². The first-order chi connectivity index (χ1) is 19.4. The molecule has 1 N–H and O–H groups in total. The van der Waals surface area contributed by atoms with Crippen LogP contribution in [0.3, 0.4) is 0 Å². The third-order valence-corrected chi connectivity index (χ3v) is 8.34. The maximum Gasteiger partial charge on any atom is 0.418 e. The first-order valence-electron chi connectivity index (χ1n) is 12.3. The molecule has 0 saturated carbocycles. The number of aromatic nitrogens is 1. The van der Waals surface area contributed by atoms with Gasteiger partial charge in [-0.3, -0.25) is 4.79 Å². The molecule has 0 radical (unpaired) electrons. The van der Waals surface area contributed by atoms with E-state index in [1.807, 2.05) is 0 Å². The first kappa shape index (κ1) is 30.0. The summed E-state index contributed by atoms with van der Waals surface area (Å²) in [4.78, 5) is 12.8. The van der Waals surface area contributed by atoms with Crippen molar-refractivity contribution in [1.29, 1.82) is 0 Å². The van der Waals surface area contributed by atoms with Gasteiger partial charge < -0.3 is 4.57 Å². The summed E-state index contributed by atoms with van der Waals surface area (Å²) in [7, 11) is -4.08. The Balaban J connectivity index is 1.54. The van der Waals surface area contributed by atoms with Crippen LogP contribution in [0.15, 0.2) is 94.9 Å². The number of hydrazone groups is 1. The fourth-order valence-corrected chi connectivity index (χ4v) is 5.85.